The molecule has 17 heavy (non-hydrogen) atoms. The Morgan fingerprint density at radius 1 is 1.12 bits per heavy atom. The highest BCUT2D eigenvalue weighted by Gasteiger charge is 1.93. The molecule has 0 bridgehead atoms. The van der Waals surface area contributed by atoms with Crippen molar-refractivity contribution in [3.05, 3.63) is 64.9 Å². The molecule has 2 aromatic rings. The second-order valence-corrected chi connectivity index (χ2v) is 4.64. The summed E-state index contributed by atoms with van der Waals surface area (Å²) in [5, 5.41) is 0.681. The normalized spacial score (nSPS) is 10.9. The minimum Gasteiger partial charge on any atom is -0.219 e. The summed E-state index contributed by atoms with van der Waals surface area (Å²) in [4.78, 5) is 0.893. The third-order valence-corrected chi connectivity index (χ3v) is 2.95. The van der Waals surface area contributed by atoms with Crippen LogP contribution < -0.4 is 0 Å². The SMILES string of the molecule is Fc1ccc(S/N=C/c2cccc(Cl)c2)cc1. The van der Waals surface area contributed by atoms with Gasteiger partial charge >= 0.3 is 0 Å². The maximum atomic E-state index is 12.7. The number of halogens is 2. The molecule has 0 aliphatic heterocycles. The first-order valence-corrected chi connectivity index (χ1v) is 6.11. The van der Waals surface area contributed by atoms with E-state index in [4.69, 9.17) is 11.6 Å². The quantitative estimate of drug-likeness (QED) is 0.583. The molecule has 0 saturated carbocycles. The van der Waals surface area contributed by atoms with E-state index in [9.17, 15) is 4.39 Å². The van der Waals surface area contributed by atoms with E-state index >= 15 is 0 Å². The van der Waals surface area contributed by atoms with Crippen molar-refractivity contribution < 1.29 is 4.39 Å². The maximum Gasteiger partial charge on any atom is 0.123 e. The summed E-state index contributed by atoms with van der Waals surface area (Å²) in [5.74, 6) is -0.242. The molecule has 0 spiro atoms. The Labute approximate surface area is 108 Å². The lowest BCUT2D eigenvalue weighted by molar-refractivity contribution is 0.626. The van der Waals surface area contributed by atoms with Crippen molar-refractivity contribution >= 4 is 29.8 Å². The van der Waals surface area contributed by atoms with Crippen molar-refractivity contribution in [1.29, 1.82) is 0 Å². The van der Waals surface area contributed by atoms with Crippen LogP contribution in [0.25, 0.3) is 0 Å². The Balaban J connectivity index is 2.00. The van der Waals surface area contributed by atoms with Gasteiger partial charge in [0.05, 0.1) is 0 Å². The maximum absolute atomic E-state index is 12.7. The summed E-state index contributed by atoms with van der Waals surface area (Å²) < 4.78 is 16.8. The second-order valence-electron chi connectivity index (χ2n) is 3.33. The van der Waals surface area contributed by atoms with Crippen LogP contribution in [0.5, 0.6) is 0 Å². The number of benzene rings is 2. The molecule has 4 heteroatoms. The lowest BCUT2D eigenvalue weighted by Crippen LogP contribution is -1.78. The molecule has 0 aromatic heterocycles. The molecule has 0 saturated heterocycles. The van der Waals surface area contributed by atoms with Gasteiger partial charge in [0.2, 0.25) is 0 Å². The summed E-state index contributed by atoms with van der Waals surface area (Å²) >= 11 is 7.14. The minimum atomic E-state index is -0.242. The summed E-state index contributed by atoms with van der Waals surface area (Å²) in [6.45, 7) is 0. The first kappa shape index (κ1) is 12.1. The van der Waals surface area contributed by atoms with Crippen molar-refractivity contribution in [2.24, 2.45) is 4.40 Å². The zero-order valence-electron chi connectivity index (χ0n) is 8.81. The number of nitrogens with zero attached hydrogens (tertiary/aromatic N) is 1. The fourth-order valence-corrected chi connectivity index (χ4v) is 1.98. The summed E-state index contributed by atoms with van der Waals surface area (Å²) in [5.41, 5.74) is 0.937. The smallest absolute Gasteiger partial charge is 0.123 e. The Bertz CT molecular complexity index is 525. The molecule has 1 nitrogen and oxygen atoms in total. The molecule has 0 radical (unpaired) electrons. The highest BCUT2D eigenvalue weighted by Crippen LogP contribution is 2.19. The van der Waals surface area contributed by atoms with Gasteiger partial charge in [0.15, 0.2) is 0 Å². The van der Waals surface area contributed by atoms with Crippen LogP contribution in [0.3, 0.4) is 0 Å². The van der Waals surface area contributed by atoms with Gasteiger partial charge in [0, 0.05) is 28.1 Å². The van der Waals surface area contributed by atoms with E-state index in [1.165, 1.54) is 24.1 Å². The van der Waals surface area contributed by atoms with Gasteiger partial charge in [-0.3, -0.25) is 0 Å². The predicted octanol–water partition coefficient (Wildman–Crippen LogP) is 4.61. The lowest BCUT2D eigenvalue weighted by Gasteiger charge is -1.95. The molecule has 2 aromatic carbocycles. The van der Waals surface area contributed by atoms with Gasteiger partial charge in [0.1, 0.15) is 5.82 Å². The van der Waals surface area contributed by atoms with E-state index in [0.717, 1.165) is 10.5 Å². The van der Waals surface area contributed by atoms with Gasteiger partial charge in [0.25, 0.3) is 0 Å². The topological polar surface area (TPSA) is 12.4 Å². The third-order valence-electron chi connectivity index (χ3n) is 2.02. The highest BCUT2D eigenvalue weighted by atomic mass is 35.5. The van der Waals surface area contributed by atoms with Crippen LogP contribution in [0, 0.1) is 5.82 Å². The third kappa shape index (κ3) is 3.88. The van der Waals surface area contributed by atoms with Gasteiger partial charge in [-0.1, -0.05) is 23.7 Å². The fraction of sp³-hybridized carbons (Fsp3) is 0. The number of hydrogen-bond acceptors (Lipinski definition) is 2. The van der Waals surface area contributed by atoms with Crippen molar-refractivity contribution in [2.45, 2.75) is 4.90 Å². The van der Waals surface area contributed by atoms with Crippen LogP contribution in [0.4, 0.5) is 4.39 Å². The highest BCUT2D eigenvalue weighted by molar-refractivity contribution is 7.98. The monoisotopic (exact) mass is 265 g/mol. The van der Waals surface area contributed by atoms with Crippen molar-refractivity contribution in [3.8, 4) is 0 Å². The van der Waals surface area contributed by atoms with Crippen LogP contribution in [0.2, 0.25) is 5.02 Å². The Morgan fingerprint density at radius 2 is 1.88 bits per heavy atom. The average Bonchev–Trinajstić information content (AvgIpc) is 2.32. The molecule has 0 atom stereocenters. The zero-order valence-corrected chi connectivity index (χ0v) is 10.4. The van der Waals surface area contributed by atoms with Crippen LogP contribution in [-0.4, -0.2) is 6.21 Å². The summed E-state index contributed by atoms with van der Waals surface area (Å²) in [7, 11) is 0. The number of rotatable bonds is 3. The predicted molar refractivity (Wildman–Crippen MR) is 71.3 cm³/mol. The van der Waals surface area contributed by atoms with Crippen molar-refractivity contribution in [3.63, 3.8) is 0 Å². The molecule has 0 fully saturated rings. The second kappa shape index (κ2) is 5.84. The van der Waals surface area contributed by atoms with Crippen molar-refractivity contribution in [1.82, 2.24) is 0 Å². The fourth-order valence-electron chi connectivity index (χ4n) is 1.23. The van der Waals surface area contributed by atoms with Crippen molar-refractivity contribution in [2.75, 3.05) is 0 Å². The van der Waals surface area contributed by atoms with Crippen LogP contribution in [0.15, 0.2) is 57.8 Å². The Hall–Kier alpha value is -1.32. The van der Waals surface area contributed by atoms with Crippen LogP contribution in [-0.2, 0) is 0 Å². The summed E-state index contributed by atoms with van der Waals surface area (Å²) in [6.07, 6.45) is 1.72. The van der Waals surface area contributed by atoms with Crippen LogP contribution in [0.1, 0.15) is 5.56 Å². The van der Waals surface area contributed by atoms with Crippen LogP contribution >= 0.6 is 23.5 Å². The molecular formula is C13H9ClFNS. The molecule has 0 N–H and O–H groups in total. The lowest BCUT2D eigenvalue weighted by atomic mass is 10.2. The molecule has 0 aliphatic carbocycles. The van der Waals surface area contributed by atoms with Gasteiger partial charge in [-0.2, -0.15) is 0 Å². The molecule has 0 heterocycles. The first-order chi connectivity index (χ1) is 8.24. The largest absolute Gasteiger partial charge is 0.219 e. The van der Waals surface area contributed by atoms with Gasteiger partial charge in [-0.05, 0) is 42.0 Å². The van der Waals surface area contributed by atoms with E-state index in [1.54, 1.807) is 18.3 Å². The molecule has 0 unspecified atom stereocenters. The summed E-state index contributed by atoms with van der Waals surface area (Å²) in [6, 6.07) is 13.6. The molecule has 0 amide bonds. The van der Waals surface area contributed by atoms with E-state index in [-0.39, 0.29) is 5.82 Å². The number of hydrogen-bond donors (Lipinski definition) is 0. The first-order valence-electron chi connectivity index (χ1n) is 4.95. The Kier molecular flexibility index (Phi) is 4.18. The van der Waals surface area contributed by atoms with Gasteiger partial charge < -0.3 is 0 Å². The van der Waals surface area contributed by atoms with E-state index in [2.05, 4.69) is 4.40 Å². The van der Waals surface area contributed by atoms with Gasteiger partial charge in [-0.15, -0.1) is 0 Å². The Morgan fingerprint density at radius 3 is 2.59 bits per heavy atom. The molecule has 86 valence electrons. The standard InChI is InChI=1S/C13H9ClFNS/c14-11-3-1-2-10(8-11)9-16-17-13-6-4-12(15)5-7-13/h1-9H/b16-9+. The zero-order chi connectivity index (χ0) is 12.1. The average molecular weight is 266 g/mol. The van der Waals surface area contributed by atoms with Gasteiger partial charge in [-0.25, -0.2) is 8.79 Å². The molecule has 2 rings (SSSR count). The van der Waals surface area contributed by atoms with E-state index in [1.807, 2.05) is 24.3 Å². The minimum absolute atomic E-state index is 0.242. The van der Waals surface area contributed by atoms with E-state index < -0.39 is 0 Å². The van der Waals surface area contributed by atoms with E-state index in [0.29, 0.717) is 5.02 Å². The molecule has 0 aliphatic rings. The molecular weight excluding hydrogens is 257 g/mol.